The molecular formula is C28H37N3O2. The van der Waals surface area contributed by atoms with Crippen molar-refractivity contribution in [3.05, 3.63) is 59.7 Å². The first-order valence-electron chi connectivity index (χ1n) is 12.5. The quantitative estimate of drug-likeness (QED) is 0.621. The number of piperidine rings is 1. The Labute approximate surface area is 198 Å². The average Bonchev–Trinajstić information content (AvgIpc) is 3.34. The molecule has 33 heavy (non-hydrogen) atoms. The molecule has 2 aromatic carbocycles. The summed E-state index contributed by atoms with van der Waals surface area (Å²) < 4.78 is 0. The molecule has 0 spiro atoms. The van der Waals surface area contributed by atoms with Crippen molar-refractivity contribution in [3.8, 4) is 0 Å². The lowest BCUT2D eigenvalue weighted by molar-refractivity contribution is -0.116. The number of benzene rings is 2. The Kier molecular flexibility index (Phi) is 7.69. The minimum Gasteiger partial charge on any atom is -0.371 e. The van der Waals surface area contributed by atoms with Gasteiger partial charge in [0, 0.05) is 44.0 Å². The van der Waals surface area contributed by atoms with Gasteiger partial charge in [-0.15, -0.1) is 0 Å². The molecule has 1 N–H and O–H groups in total. The van der Waals surface area contributed by atoms with Crippen LogP contribution in [0.25, 0.3) is 0 Å². The Bertz CT molecular complexity index is 943. The number of nitrogens with one attached hydrogen (secondary N) is 1. The van der Waals surface area contributed by atoms with Gasteiger partial charge in [-0.3, -0.25) is 9.59 Å². The van der Waals surface area contributed by atoms with Crippen LogP contribution in [0.3, 0.4) is 0 Å². The molecule has 4 rings (SSSR count). The van der Waals surface area contributed by atoms with Crippen LogP contribution < -0.4 is 10.2 Å². The second kappa shape index (κ2) is 10.9. The predicted molar refractivity (Wildman–Crippen MR) is 135 cm³/mol. The van der Waals surface area contributed by atoms with Gasteiger partial charge in [-0.1, -0.05) is 44.2 Å². The highest BCUT2D eigenvalue weighted by atomic mass is 16.2. The Morgan fingerprint density at radius 1 is 0.970 bits per heavy atom. The number of hydrogen-bond acceptors (Lipinski definition) is 3. The van der Waals surface area contributed by atoms with Crippen LogP contribution in [0.2, 0.25) is 0 Å². The molecule has 2 aliphatic rings. The second-order valence-electron chi connectivity index (χ2n) is 10.00. The van der Waals surface area contributed by atoms with Crippen molar-refractivity contribution in [1.82, 2.24) is 4.90 Å². The van der Waals surface area contributed by atoms with E-state index in [4.69, 9.17) is 0 Å². The molecule has 176 valence electrons. The van der Waals surface area contributed by atoms with Gasteiger partial charge in [0.05, 0.1) is 5.56 Å². The van der Waals surface area contributed by atoms with Gasteiger partial charge in [0.1, 0.15) is 0 Å². The molecule has 0 aliphatic carbocycles. The number of nitrogens with zero attached hydrogens (tertiary/aromatic N) is 2. The van der Waals surface area contributed by atoms with Gasteiger partial charge in [0.15, 0.2) is 0 Å². The molecular weight excluding hydrogens is 410 g/mol. The van der Waals surface area contributed by atoms with Crippen LogP contribution >= 0.6 is 0 Å². The third-order valence-corrected chi connectivity index (χ3v) is 6.82. The molecule has 5 heteroatoms. The summed E-state index contributed by atoms with van der Waals surface area (Å²) in [5, 5.41) is 3.00. The molecule has 2 fully saturated rings. The highest BCUT2D eigenvalue weighted by Crippen LogP contribution is 2.31. The van der Waals surface area contributed by atoms with Crippen molar-refractivity contribution in [2.45, 2.75) is 52.4 Å². The normalized spacial score (nSPS) is 16.9. The average molecular weight is 448 g/mol. The van der Waals surface area contributed by atoms with E-state index >= 15 is 0 Å². The molecule has 0 radical (unpaired) electrons. The Morgan fingerprint density at radius 3 is 2.33 bits per heavy atom. The number of hydrogen-bond donors (Lipinski definition) is 1. The SMILES string of the molecule is CC(C)CC(=O)Nc1ccc(N2CCC(Cc3ccccc3)CC2)c(C(=O)N2CCCC2)c1. The summed E-state index contributed by atoms with van der Waals surface area (Å²) in [5.41, 5.74) is 3.85. The van der Waals surface area contributed by atoms with Crippen molar-refractivity contribution in [2.75, 3.05) is 36.4 Å². The number of carbonyl (C=O) groups is 2. The lowest BCUT2D eigenvalue weighted by Gasteiger charge is -2.35. The fourth-order valence-electron chi connectivity index (χ4n) is 5.06. The molecule has 2 aliphatic heterocycles. The monoisotopic (exact) mass is 447 g/mol. The van der Waals surface area contributed by atoms with Crippen LogP contribution in [0.15, 0.2) is 48.5 Å². The molecule has 5 nitrogen and oxygen atoms in total. The van der Waals surface area contributed by atoms with E-state index in [0.29, 0.717) is 23.9 Å². The van der Waals surface area contributed by atoms with Gasteiger partial charge < -0.3 is 15.1 Å². The first kappa shape index (κ1) is 23.3. The van der Waals surface area contributed by atoms with Crippen LogP contribution in [0.5, 0.6) is 0 Å². The van der Waals surface area contributed by atoms with Crippen molar-refractivity contribution in [1.29, 1.82) is 0 Å². The second-order valence-corrected chi connectivity index (χ2v) is 10.00. The van der Waals surface area contributed by atoms with Crippen molar-refractivity contribution in [3.63, 3.8) is 0 Å². The summed E-state index contributed by atoms with van der Waals surface area (Å²) in [6, 6.07) is 16.6. The summed E-state index contributed by atoms with van der Waals surface area (Å²) in [4.78, 5) is 30.1. The smallest absolute Gasteiger partial charge is 0.256 e. The van der Waals surface area contributed by atoms with E-state index in [1.54, 1.807) is 0 Å². The van der Waals surface area contributed by atoms with E-state index in [1.165, 1.54) is 5.56 Å². The Hall–Kier alpha value is -2.82. The van der Waals surface area contributed by atoms with Crippen LogP contribution in [-0.4, -0.2) is 42.9 Å². The highest BCUT2D eigenvalue weighted by molar-refractivity contribution is 6.02. The van der Waals surface area contributed by atoms with Gasteiger partial charge in [-0.25, -0.2) is 0 Å². The van der Waals surface area contributed by atoms with E-state index in [0.717, 1.165) is 69.5 Å². The molecule has 0 bridgehead atoms. The zero-order valence-electron chi connectivity index (χ0n) is 20.1. The van der Waals surface area contributed by atoms with E-state index in [2.05, 4.69) is 40.5 Å². The van der Waals surface area contributed by atoms with Gasteiger partial charge in [0.2, 0.25) is 5.91 Å². The van der Waals surface area contributed by atoms with Gasteiger partial charge in [0.25, 0.3) is 5.91 Å². The fraction of sp³-hybridized carbons (Fsp3) is 0.500. The molecule has 0 aromatic heterocycles. The molecule has 0 saturated carbocycles. The summed E-state index contributed by atoms with van der Waals surface area (Å²) >= 11 is 0. The van der Waals surface area contributed by atoms with Crippen LogP contribution in [-0.2, 0) is 11.2 Å². The molecule has 2 amide bonds. The maximum Gasteiger partial charge on any atom is 0.256 e. The first-order chi connectivity index (χ1) is 16.0. The summed E-state index contributed by atoms with van der Waals surface area (Å²) in [7, 11) is 0. The van der Waals surface area contributed by atoms with Gasteiger partial charge in [-0.2, -0.15) is 0 Å². The zero-order chi connectivity index (χ0) is 23.2. The molecule has 2 heterocycles. The number of likely N-dealkylation sites (tertiary alicyclic amines) is 1. The van der Waals surface area contributed by atoms with Crippen LogP contribution in [0.1, 0.15) is 61.9 Å². The highest BCUT2D eigenvalue weighted by Gasteiger charge is 2.27. The molecule has 0 atom stereocenters. The van der Waals surface area contributed by atoms with Crippen molar-refractivity contribution in [2.24, 2.45) is 11.8 Å². The lowest BCUT2D eigenvalue weighted by atomic mass is 9.89. The number of anilines is 2. The third-order valence-electron chi connectivity index (χ3n) is 6.82. The van der Waals surface area contributed by atoms with E-state index in [1.807, 2.05) is 36.9 Å². The summed E-state index contributed by atoms with van der Waals surface area (Å²) in [5.74, 6) is 1.07. The maximum atomic E-state index is 13.4. The molecule has 0 unspecified atom stereocenters. The first-order valence-corrected chi connectivity index (χ1v) is 12.5. The third kappa shape index (κ3) is 6.16. The summed E-state index contributed by atoms with van der Waals surface area (Å²) in [6.45, 7) is 7.62. The van der Waals surface area contributed by atoms with E-state index in [-0.39, 0.29) is 11.8 Å². The van der Waals surface area contributed by atoms with Crippen molar-refractivity contribution >= 4 is 23.2 Å². The number of rotatable bonds is 7. The standard InChI is InChI=1S/C28H37N3O2/c1-21(2)18-27(32)29-24-10-11-26(25(20-24)28(33)31-14-6-7-15-31)30-16-12-23(13-17-30)19-22-8-4-3-5-9-22/h3-5,8-11,20-21,23H,6-7,12-19H2,1-2H3,(H,29,32). The van der Waals surface area contributed by atoms with Crippen LogP contribution in [0, 0.1) is 11.8 Å². The minimum atomic E-state index is -0.000882. The number of carbonyl (C=O) groups excluding carboxylic acids is 2. The topological polar surface area (TPSA) is 52.7 Å². The van der Waals surface area contributed by atoms with Crippen molar-refractivity contribution < 1.29 is 9.59 Å². The summed E-state index contributed by atoms with van der Waals surface area (Å²) in [6.07, 6.45) is 5.98. The number of amides is 2. The minimum absolute atomic E-state index is 0.000882. The van der Waals surface area contributed by atoms with E-state index < -0.39 is 0 Å². The molecule has 2 aromatic rings. The Morgan fingerprint density at radius 2 is 1.67 bits per heavy atom. The van der Waals surface area contributed by atoms with Crippen LogP contribution in [0.4, 0.5) is 11.4 Å². The lowest BCUT2D eigenvalue weighted by Crippen LogP contribution is -2.36. The fourth-order valence-corrected chi connectivity index (χ4v) is 5.06. The molecule has 2 saturated heterocycles. The van der Waals surface area contributed by atoms with Gasteiger partial charge >= 0.3 is 0 Å². The predicted octanol–water partition coefficient (Wildman–Crippen LogP) is 5.37. The van der Waals surface area contributed by atoms with E-state index in [9.17, 15) is 9.59 Å². The van der Waals surface area contributed by atoms with Gasteiger partial charge in [-0.05, 0) is 67.7 Å². The maximum absolute atomic E-state index is 13.4. The largest absolute Gasteiger partial charge is 0.371 e. The zero-order valence-corrected chi connectivity index (χ0v) is 20.1. The Balaban J connectivity index is 1.49.